The van der Waals surface area contributed by atoms with Gasteiger partial charge in [-0.25, -0.2) is 0 Å². The number of amides is 3. The highest BCUT2D eigenvalue weighted by Gasteiger charge is 2.32. The van der Waals surface area contributed by atoms with Crippen LogP contribution in [-0.2, 0) is 33.6 Å². The molecule has 0 aliphatic rings. The van der Waals surface area contributed by atoms with Crippen LogP contribution in [0.4, 0.5) is 5.69 Å². The molecule has 3 amide bonds. The first-order valence-electron chi connectivity index (χ1n) is 15.4. The fourth-order valence-corrected chi connectivity index (χ4v) is 7.39. The van der Waals surface area contributed by atoms with Crippen molar-refractivity contribution < 1.29 is 104 Å². The average molecular weight is 1180 g/mol. The van der Waals surface area contributed by atoms with Crippen LogP contribution in [0.1, 0.15) is 69.2 Å². The monoisotopic (exact) mass is 1180 g/mol. The topological polar surface area (TPSA) is 424 Å². The Balaban J connectivity index is -0.000000227. The molecule has 3 unspecified atom stereocenters. The summed E-state index contributed by atoms with van der Waals surface area (Å²) in [7, 11) is 0. The number of benzene rings is 1. The SMILES string of the molecule is CC(=O)N(CC(O)CO)c1c(I)c(C(=O)NCC(O)CO)c(I)c(C(=O)NCC(O)CO)c1I.CC(=O)O.CC(=O)O.CC(=O)O.CC(=O)O.CC(=O)O.CC(=O)O. The number of carbonyl (C=O) groups excluding carboxylic acids is 3. The molecule has 0 heterocycles. The van der Waals surface area contributed by atoms with Crippen molar-refractivity contribution in [2.45, 2.75) is 66.8 Å². The normalized spacial score (nSPS) is 10.6. The number of aliphatic hydroxyl groups is 6. The van der Waals surface area contributed by atoms with Crippen LogP contribution in [0.3, 0.4) is 0 Å². The van der Waals surface area contributed by atoms with Gasteiger partial charge in [-0.15, -0.1) is 0 Å². The third-order valence-electron chi connectivity index (χ3n) is 4.42. The third kappa shape index (κ3) is 43.5. The molecule has 27 heteroatoms. The molecular weight excluding hydrogens is 1130 g/mol. The minimum Gasteiger partial charge on any atom is -0.481 e. The summed E-state index contributed by atoms with van der Waals surface area (Å²) in [5.41, 5.74) is 0.182. The summed E-state index contributed by atoms with van der Waals surface area (Å²) in [5.74, 6) is -6.89. The van der Waals surface area contributed by atoms with Crippen LogP contribution in [0.5, 0.6) is 0 Å². The van der Waals surface area contributed by atoms with Crippen LogP contribution in [-0.4, -0.2) is 173 Å². The van der Waals surface area contributed by atoms with Gasteiger partial charge in [-0.1, -0.05) is 0 Å². The summed E-state index contributed by atoms with van der Waals surface area (Å²) in [6.45, 7) is 5.09. The number of nitrogens with one attached hydrogen (secondary N) is 2. The maximum Gasteiger partial charge on any atom is 0.300 e. The summed E-state index contributed by atoms with van der Waals surface area (Å²) in [4.78, 5) is 93.6. The number of hydrogen-bond donors (Lipinski definition) is 14. The number of nitrogens with zero attached hydrogens (tertiary/aromatic N) is 1. The number of carboxylic acid groups (broad SMARTS) is 6. The van der Waals surface area contributed by atoms with Crippen LogP contribution in [0.2, 0.25) is 0 Å². The lowest BCUT2D eigenvalue weighted by molar-refractivity contribution is -0.135. The van der Waals surface area contributed by atoms with E-state index in [4.69, 9.17) is 69.6 Å². The number of halogens is 3. The van der Waals surface area contributed by atoms with Crippen molar-refractivity contribution in [3.63, 3.8) is 0 Å². The van der Waals surface area contributed by atoms with E-state index in [1.807, 2.05) is 45.2 Å². The second-order valence-electron chi connectivity index (χ2n) is 10.2. The van der Waals surface area contributed by atoms with E-state index in [-0.39, 0.29) is 47.2 Å². The van der Waals surface area contributed by atoms with E-state index >= 15 is 0 Å². The Morgan fingerprint density at radius 3 is 0.897 bits per heavy atom. The van der Waals surface area contributed by atoms with E-state index in [0.717, 1.165) is 46.4 Å². The molecule has 0 spiro atoms. The zero-order valence-electron chi connectivity index (χ0n) is 32.1. The predicted octanol–water partition coefficient (Wildman–Crippen LogP) is -1.08. The van der Waals surface area contributed by atoms with Crippen LogP contribution >= 0.6 is 67.8 Å². The standard InChI is InChI=1S/C19H26I3N3O9.6C2H4O2/c1-8(29)25(4-11(32)7-28)17-15(21)12(18(33)23-2-9(30)5-26)14(20)13(16(17)22)19(34)24-3-10(31)6-27;6*1-2(3)4/h9-11,26-28,30-32H,2-7H2,1H3,(H,23,33)(H,24,34);6*1H3,(H,3,4). The number of hydrogen-bond acceptors (Lipinski definition) is 15. The van der Waals surface area contributed by atoms with Crippen molar-refractivity contribution in [3.8, 4) is 0 Å². The first-order chi connectivity index (χ1) is 26.3. The maximum atomic E-state index is 13.0. The molecule has 1 aromatic rings. The first-order valence-corrected chi connectivity index (χ1v) is 18.6. The summed E-state index contributed by atoms with van der Waals surface area (Å²) in [6.07, 6.45) is -3.71. The van der Waals surface area contributed by atoms with E-state index in [0.29, 0.717) is 0 Å². The Morgan fingerprint density at radius 2 is 0.707 bits per heavy atom. The van der Waals surface area contributed by atoms with Gasteiger partial charge in [0.25, 0.3) is 47.6 Å². The molecule has 336 valence electrons. The van der Waals surface area contributed by atoms with Crippen molar-refractivity contribution in [2.24, 2.45) is 0 Å². The molecule has 0 aromatic heterocycles. The van der Waals surface area contributed by atoms with Gasteiger partial charge in [0.1, 0.15) is 0 Å². The van der Waals surface area contributed by atoms with Gasteiger partial charge in [-0.05, 0) is 67.8 Å². The molecule has 0 aliphatic heterocycles. The Bertz CT molecular complexity index is 1310. The largest absolute Gasteiger partial charge is 0.481 e. The van der Waals surface area contributed by atoms with E-state index in [9.17, 15) is 34.8 Å². The van der Waals surface area contributed by atoms with Crippen LogP contribution < -0.4 is 15.5 Å². The summed E-state index contributed by atoms with van der Waals surface area (Å²) in [6, 6.07) is 0. The molecule has 3 atom stereocenters. The number of rotatable bonds is 12. The molecule has 1 rings (SSSR count). The molecule has 0 saturated carbocycles. The molecule has 14 N–H and O–H groups in total. The molecule has 24 nitrogen and oxygen atoms in total. The highest BCUT2D eigenvalue weighted by molar-refractivity contribution is 14.1. The van der Waals surface area contributed by atoms with Gasteiger partial charge < -0.3 is 76.8 Å². The smallest absolute Gasteiger partial charge is 0.300 e. The lowest BCUT2D eigenvalue weighted by atomic mass is 10.1. The highest BCUT2D eigenvalue weighted by Crippen LogP contribution is 2.38. The van der Waals surface area contributed by atoms with E-state index in [1.165, 1.54) is 6.92 Å². The maximum absolute atomic E-state index is 13.0. The van der Waals surface area contributed by atoms with E-state index in [2.05, 4.69) is 10.6 Å². The molecule has 1 aromatic carbocycles. The number of aliphatic hydroxyl groups excluding tert-OH is 6. The molecule has 0 bridgehead atoms. The summed E-state index contributed by atoms with van der Waals surface area (Å²) < 4.78 is 0.762. The minimum atomic E-state index is -1.29. The Kier molecular flexibility index (Phi) is 44.4. The second-order valence-corrected chi connectivity index (χ2v) is 13.4. The lowest BCUT2D eigenvalue weighted by Gasteiger charge is -2.28. The van der Waals surface area contributed by atoms with Gasteiger partial charge in [0.2, 0.25) is 5.91 Å². The summed E-state index contributed by atoms with van der Waals surface area (Å²) >= 11 is 5.47. The Hall–Kier alpha value is -3.60. The van der Waals surface area contributed by atoms with Gasteiger partial charge >= 0.3 is 0 Å². The molecule has 58 heavy (non-hydrogen) atoms. The predicted molar refractivity (Wildman–Crippen MR) is 226 cm³/mol. The molecule has 0 radical (unpaired) electrons. The fourth-order valence-electron chi connectivity index (χ4n) is 2.66. The van der Waals surface area contributed by atoms with Gasteiger partial charge in [0.15, 0.2) is 0 Å². The van der Waals surface area contributed by atoms with Crippen molar-refractivity contribution in [1.82, 2.24) is 10.6 Å². The van der Waals surface area contributed by atoms with Crippen LogP contribution in [0.15, 0.2) is 0 Å². The van der Waals surface area contributed by atoms with Crippen LogP contribution in [0.25, 0.3) is 0 Å². The summed E-state index contributed by atoms with van der Waals surface area (Å²) in [5, 5.41) is 106. The Morgan fingerprint density at radius 1 is 0.483 bits per heavy atom. The number of carbonyl (C=O) groups is 9. The zero-order chi connectivity index (χ0) is 47.6. The third-order valence-corrected chi connectivity index (χ3v) is 7.60. The van der Waals surface area contributed by atoms with Crippen molar-refractivity contribution in [1.29, 1.82) is 0 Å². The Labute approximate surface area is 372 Å². The van der Waals surface area contributed by atoms with Crippen molar-refractivity contribution in [2.75, 3.05) is 44.4 Å². The molecule has 0 saturated heterocycles. The molecular formula is C31H50I3N3O21. The quantitative estimate of drug-likeness (QED) is 0.111. The molecule has 0 aliphatic carbocycles. The van der Waals surface area contributed by atoms with E-state index < -0.39 is 91.7 Å². The average Bonchev–Trinajstić information content (AvgIpc) is 3.03. The van der Waals surface area contributed by atoms with Gasteiger partial charge in [0, 0.05) is 65.1 Å². The van der Waals surface area contributed by atoms with Gasteiger partial charge in [-0.2, -0.15) is 0 Å². The van der Waals surface area contributed by atoms with Gasteiger partial charge in [-0.3, -0.25) is 43.2 Å². The fraction of sp³-hybridized carbons (Fsp3) is 0.516. The zero-order valence-corrected chi connectivity index (χ0v) is 38.6. The van der Waals surface area contributed by atoms with Crippen LogP contribution in [0, 0.1) is 10.7 Å². The van der Waals surface area contributed by atoms with Crippen molar-refractivity contribution >= 4 is 127 Å². The molecule has 0 fully saturated rings. The first kappa shape index (κ1) is 66.2. The highest BCUT2D eigenvalue weighted by atomic mass is 127. The minimum absolute atomic E-state index is 0.0133. The number of carboxylic acids is 6. The van der Waals surface area contributed by atoms with E-state index in [1.54, 1.807) is 22.6 Å². The lowest BCUT2D eigenvalue weighted by Crippen LogP contribution is -2.41. The van der Waals surface area contributed by atoms with Gasteiger partial charge in [0.05, 0.1) is 68.6 Å². The number of aliphatic carboxylic acids is 6. The van der Waals surface area contributed by atoms with Crippen molar-refractivity contribution in [3.05, 3.63) is 21.8 Å². The second kappa shape index (κ2) is 38.9. The number of anilines is 1.